The van der Waals surface area contributed by atoms with Crippen molar-refractivity contribution in [3.63, 3.8) is 0 Å². The van der Waals surface area contributed by atoms with E-state index in [1.54, 1.807) is 0 Å². The summed E-state index contributed by atoms with van der Waals surface area (Å²) in [7, 11) is 0. The molecular weight excluding hydrogens is 324 g/mol. The SMILES string of the molecule is CC(Cc1ccc(Cl)cc1)C(=O)c1cccc(Br)c1. The average molecular weight is 338 g/mol. The van der Waals surface area contributed by atoms with Gasteiger partial charge in [0.15, 0.2) is 5.78 Å². The van der Waals surface area contributed by atoms with Gasteiger partial charge in [0.25, 0.3) is 0 Å². The first-order valence-corrected chi connectivity index (χ1v) is 7.27. The lowest BCUT2D eigenvalue weighted by Crippen LogP contribution is -2.14. The van der Waals surface area contributed by atoms with Crippen molar-refractivity contribution in [2.45, 2.75) is 13.3 Å². The highest BCUT2D eigenvalue weighted by Gasteiger charge is 2.15. The Balaban J connectivity index is 2.09. The maximum absolute atomic E-state index is 12.3. The molecule has 0 amide bonds. The zero-order valence-electron chi connectivity index (χ0n) is 10.6. The van der Waals surface area contributed by atoms with Crippen LogP contribution in [0, 0.1) is 5.92 Å². The molecule has 3 heteroatoms. The van der Waals surface area contributed by atoms with Crippen LogP contribution in [0.5, 0.6) is 0 Å². The van der Waals surface area contributed by atoms with Gasteiger partial charge in [-0.1, -0.05) is 58.7 Å². The molecular formula is C16H14BrClO. The Morgan fingerprint density at radius 1 is 1.21 bits per heavy atom. The molecule has 2 aromatic rings. The fourth-order valence-corrected chi connectivity index (χ4v) is 2.52. The molecule has 0 aliphatic heterocycles. The van der Waals surface area contributed by atoms with E-state index in [9.17, 15) is 4.79 Å². The zero-order chi connectivity index (χ0) is 13.8. The molecule has 0 spiro atoms. The van der Waals surface area contributed by atoms with Gasteiger partial charge >= 0.3 is 0 Å². The molecule has 0 fully saturated rings. The summed E-state index contributed by atoms with van der Waals surface area (Å²) < 4.78 is 0.928. The largest absolute Gasteiger partial charge is 0.294 e. The van der Waals surface area contributed by atoms with Crippen molar-refractivity contribution in [2.75, 3.05) is 0 Å². The summed E-state index contributed by atoms with van der Waals surface area (Å²) in [6.07, 6.45) is 0.725. The molecule has 2 aromatic carbocycles. The summed E-state index contributed by atoms with van der Waals surface area (Å²) in [6.45, 7) is 1.96. The zero-order valence-corrected chi connectivity index (χ0v) is 12.9. The van der Waals surface area contributed by atoms with Crippen molar-refractivity contribution >= 4 is 33.3 Å². The van der Waals surface area contributed by atoms with E-state index < -0.39 is 0 Å². The van der Waals surface area contributed by atoms with E-state index in [1.807, 2.05) is 55.5 Å². The molecule has 0 aliphatic rings. The Labute approximate surface area is 126 Å². The normalized spacial score (nSPS) is 12.2. The van der Waals surface area contributed by atoms with Gasteiger partial charge in [-0.2, -0.15) is 0 Å². The van der Waals surface area contributed by atoms with Gasteiger partial charge < -0.3 is 0 Å². The number of ketones is 1. The lowest BCUT2D eigenvalue weighted by Gasteiger charge is -2.11. The third kappa shape index (κ3) is 3.92. The highest BCUT2D eigenvalue weighted by atomic mass is 79.9. The quantitative estimate of drug-likeness (QED) is 0.704. The molecule has 0 radical (unpaired) electrons. The summed E-state index contributed by atoms with van der Waals surface area (Å²) in [4.78, 5) is 12.3. The van der Waals surface area contributed by atoms with Crippen LogP contribution in [0.15, 0.2) is 53.0 Å². The first-order valence-electron chi connectivity index (χ1n) is 6.10. The van der Waals surface area contributed by atoms with E-state index in [-0.39, 0.29) is 11.7 Å². The standard InChI is InChI=1S/C16H14BrClO/c1-11(9-12-5-7-15(18)8-6-12)16(19)13-3-2-4-14(17)10-13/h2-8,10-11H,9H2,1H3. The van der Waals surface area contributed by atoms with Crippen LogP contribution in [0.25, 0.3) is 0 Å². The van der Waals surface area contributed by atoms with Gasteiger partial charge in [0.05, 0.1) is 0 Å². The number of carbonyl (C=O) groups excluding carboxylic acids is 1. The third-order valence-corrected chi connectivity index (χ3v) is 3.76. The maximum Gasteiger partial charge on any atom is 0.166 e. The lowest BCUT2D eigenvalue weighted by atomic mass is 9.93. The van der Waals surface area contributed by atoms with Crippen LogP contribution in [-0.4, -0.2) is 5.78 Å². The summed E-state index contributed by atoms with van der Waals surface area (Å²) >= 11 is 9.24. The van der Waals surface area contributed by atoms with Crippen molar-refractivity contribution in [3.05, 3.63) is 69.2 Å². The maximum atomic E-state index is 12.3. The Morgan fingerprint density at radius 3 is 2.53 bits per heavy atom. The van der Waals surface area contributed by atoms with Crippen LogP contribution in [0.2, 0.25) is 5.02 Å². The summed E-state index contributed by atoms with van der Waals surface area (Å²) in [6, 6.07) is 15.2. The molecule has 0 bridgehead atoms. The second kappa shape index (κ2) is 6.36. The van der Waals surface area contributed by atoms with Crippen LogP contribution in [0.3, 0.4) is 0 Å². The average Bonchev–Trinajstić information content (AvgIpc) is 2.40. The van der Waals surface area contributed by atoms with Gasteiger partial charge in [-0.05, 0) is 36.2 Å². The van der Waals surface area contributed by atoms with Crippen LogP contribution in [-0.2, 0) is 6.42 Å². The smallest absolute Gasteiger partial charge is 0.166 e. The van der Waals surface area contributed by atoms with E-state index in [2.05, 4.69) is 15.9 Å². The van der Waals surface area contributed by atoms with Crippen molar-refractivity contribution in [1.82, 2.24) is 0 Å². The second-order valence-electron chi connectivity index (χ2n) is 4.61. The Kier molecular flexibility index (Phi) is 4.78. The summed E-state index contributed by atoms with van der Waals surface area (Å²) in [5.41, 5.74) is 1.87. The number of halogens is 2. The molecule has 0 saturated carbocycles. The molecule has 2 rings (SSSR count). The van der Waals surface area contributed by atoms with E-state index in [0.717, 1.165) is 27.0 Å². The number of hydrogen-bond donors (Lipinski definition) is 0. The minimum absolute atomic E-state index is 0.0459. The molecule has 19 heavy (non-hydrogen) atoms. The molecule has 1 unspecified atom stereocenters. The molecule has 1 atom stereocenters. The van der Waals surface area contributed by atoms with Gasteiger partial charge in [-0.25, -0.2) is 0 Å². The number of rotatable bonds is 4. The van der Waals surface area contributed by atoms with Gasteiger partial charge in [-0.3, -0.25) is 4.79 Å². The first-order chi connectivity index (χ1) is 9.06. The highest BCUT2D eigenvalue weighted by molar-refractivity contribution is 9.10. The van der Waals surface area contributed by atoms with Gasteiger partial charge in [0.2, 0.25) is 0 Å². The van der Waals surface area contributed by atoms with Crippen LogP contribution in [0.4, 0.5) is 0 Å². The summed E-state index contributed by atoms with van der Waals surface area (Å²) in [5.74, 6) is 0.117. The van der Waals surface area contributed by atoms with Crippen molar-refractivity contribution in [3.8, 4) is 0 Å². The minimum atomic E-state index is -0.0459. The number of benzene rings is 2. The Bertz CT molecular complexity index is 578. The first kappa shape index (κ1) is 14.3. The number of Topliss-reactive ketones (excluding diaryl/α,β-unsaturated/α-hetero) is 1. The molecule has 0 saturated heterocycles. The fourth-order valence-electron chi connectivity index (χ4n) is 1.99. The lowest BCUT2D eigenvalue weighted by molar-refractivity contribution is 0.0929. The van der Waals surface area contributed by atoms with Gasteiger partial charge in [-0.15, -0.1) is 0 Å². The van der Waals surface area contributed by atoms with Crippen molar-refractivity contribution < 1.29 is 4.79 Å². The molecule has 98 valence electrons. The summed E-state index contributed by atoms with van der Waals surface area (Å²) in [5, 5.41) is 0.717. The highest BCUT2D eigenvalue weighted by Crippen LogP contribution is 2.19. The monoisotopic (exact) mass is 336 g/mol. The molecule has 0 N–H and O–H groups in total. The van der Waals surface area contributed by atoms with Crippen LogP contribution >= 0.6 is 27.5 Å². The molecule has 1 nitrogen and oxygen atoms in total. The number of hydrogen-bond acceptors (Lipinski definition) is 1. The predicted octanol–water partition coefficient (Wildman–Crippen LogP) is 5.16. The van der Waals surface area contributed by atoms with E-state index >= 15 is 0 Å². The van der Waals surface area contributed by atoms with Gasteiger partial charge in [0, 0.05) is 21.0 Å². The van der Waals surface area contributed by atoms with Crippen LogP contribution in [0.1, 0.15) is 22.8 Å². The molecule has 0 aliphatic carbocycles. The molecule has 0 heterocycles. The van der Waals surface area contributed by atoms with Gasteiger partial charge in [0.1, 0.15) is 0 Å². The minimum Gasteiger partial charge on any atom is -0.294 e. The van der Waals surface area contributed by atoms with E-state index in [1.165, 1.54) is 0 Å². The Hall–Kier alpha value is -1.12. The van der Waals surface area contributed by atoms with E-state index in [4.69, 9.17) is 11.6 Å². The fraction of sp³-hybridized carbons (Fsp3) is 0.188. The predicted molar refractivity (Wildman–Crippen MR) is 82.8 cm³/mol. The van der Waals surface area contributed by atoms with Crippen molar-refractivity contribution in [1.29, 1.82) is 0 Å². The Morgan fingerprint density at radius 2 is 1.89 bits per heavy atom. The van der Waals surface area contributed by atoms with Crippen molar-refractivity contribution in [2.24, 2.45) is 5.92 Å². The number of carbonyl (C=O) groups is 1. The second-order valence-corrected chi connectivity index (χ2v) is 5.96. The van der Waals surface area contributed by atoms with Crippen LogP contribution < -0.4 is 0 Å². The molecule has 0 aromatic heterocycles. The topological polar surface area (TPSA) is 17.1 Å². The van der Waals surface area contributed by atoms with E-state index in [0.29, 0.717) is 0 Å². The third-order valence-electron chi connectivity index (χ3n) is 3.01.